The molecule has 1 heterocycles. The molecule has 0 radical (unpaired) electrons. The maximum Gasteiger partial charge on any atom is 0.321 e. The summed E-state index contributed by atoms with van der Waals surface area (Å²) >= 11 is 0. The molecule has 3 heteroatoms. The van der Waals surface area contributed by atoms with Gasteiger partial charge in [-0.2, -0.15) is 0 Å². The van der Waals surface area contributed by atoms with E-state index >= 15 is 0 Å². The first-order valence-corrected chi connectivity index (χ1v) is 5.53. The van der Waals surface area contributed by atoms with Crippen LogP contribution in [0, 0.1) is 11.8 Å². The maximum atomic E-state index is 11.0. The smallest absolute Gasteiger partial charge is 0.321 e. The van der Waals surface area contributed by atoms with Gasteiger partial charge in [-0.3, -0.25) is 9.69 Å². The third-order valence-corrected chi connectivity index (χ3v) is 2.96. The summed E-state index contributed by atoms with van der Waals surface area (Å²) in [5.74, 6) is 0.269. The second-order valence-corrected chi connectivity index (χ2v) is 4.64. The summed E-state index contributed by atoms with van der Waals surface area (Å²) in [6, 6.07) is -0.275. The summed E-state index contributed by atoms with van der Waals surface area (Å²) in [6.07, 6.45) is 2.44. The van der Waals surface area contributed by atoms with Crippen molar-refractivity contribution in [2.75, 3.05) is 13.1 Å². The highest BCUT2D eigenvalue weighted by molar-refractivity contribution is 5.73. The van der Waals surface area contributed by atoms with Gasteiger partial charge in [0.2, 0.25) is 0 Å². The molecule has 0 aromatic heterocycles. The monoisotopic (exact) mass is 199 g/mol. The number of carboxylic acid groups (broad SMARTS) is 1. The molecule has 3 nitrogen and oxygen atoms in total. The van der Waals surface area contributed by atoms with E-state index in [1.807, 2.05) is 13.8 Å². The van der Waals surface area contributed by atoms with Crippen LogP contribution in [0.5, 0.6) is 0 Å². The molecule has 0 amide bonds. The van der Waals surface area contributed by atoms with E-state index in [4.69, 9.17) is 5.11 Å². The van der Waals surface area contributed by atoms with Gasteiger partial charge in [0.25, 0.3) is 0 Å². The Bertz CT molecular complexity index is 197. The van der Waals surface area contributed by atoms with E-state index in [1.165, 1.54) is 12.8 Å². The number of rotatable bonds is 5. The van der Waals surface area contributed by atoms with Crippen molar-refractivity contribution in [2.24, 2.45) is 11.8 Å². The minimum Gasteiger partial charge on any atom is -0.480 e. The number of hydrogen-bond acceptors (Lipinski definition) is 2. The van der Waals surface area contributed by atoms with Gasteiger partial charge in [-0.1, -0.05) is 27.2 Å². The fourth-order valence-electron chi connectivity index (χ4n) is 2.29. The second-order valence-electron chi connectivity index (χ2n) is 4.64. The average Bonchev–Trinajstić information content (AvgIpc) is 1.99. The molecule has 0 aromatic rings. The van der Waals surface area contributed by atoms with Crippen molar-refractivity contribution in [3.63, 3.8) is 0 Å². The van der Waals surface area contributed by atoms with Crippen LogP contribution in [0.1, 0.15) is 33.6 Å². The standard InChI is InChI=1S/C11H21NO2/c1-4-5-9-6-12(7-9)10(8(2)3)11(13)14/h8-10H,4-7H2,1-3H3,(H,13,14). The lowest BCUT2D eigenvalue weighted by atomic mass is 9.90. The average molecular weight is 199 g/mol. The Morgan fingerprint density at radius 2 is 2.07 bits per heavy atom. The van der Waals surface area contributed by atoms with Crippen molar-refractivity contribution in [1.82, 2.24) is 4.90 Å². The van der Waals surface area contributed by atoms with Gasteiger partial charge in [0.15, 0.2) is 0 Å². The molecule has 0 saturated carbocycles. The van der Waals surface area contributed by atoms with Crippen LogP contribution in [0.3, 0.4) is 0 Å². The van der Waals surface area contributed by atoms with Crippen LogP contribution in [-0.2, 0) is 4.79 Å². The lowest BCUT2D eigenvalue weighted by Gasteiger charge is -2.44. The minimum absolute atomic E-state index is 0.204. The van der Waals surface area contributed by atoms with Gasteiger partial charge in [-0.15, -0.1) is 0 Å². The Morgan fingerprint density at radius 3 is 2.43 bits per heavy atom. The van der Waals surface area contributed by atoms with Crippen molar-refractivity contribution in [3.8, 4) is 0 Å². The Hall–Kier alpha value is -0.570. The Morgan fingerprint density at radius 1 is 1.50 bits per heavy atom. The quantitative estimate of drug-likeness (QED) is 0.734. The number of nitrogens with zero attached hydrogens (tertiary/aromatic N) is 1. The zero-order valence-electron chi connectivity index (χ0n) is 9.36. The molecule has 1 rings (SSSR count). The molecule has 1 saturated heterocycles. The highest BCUT2D eigenvalue weighted by Gasteiger charge is 2.36. The first kappa shape index (κ1) is 11.5. The van der Waals surface area contributed by atoms with E-state index in [9.17, 15) is 4.79 Å². The summed E-state index contributed by atoms with van der Waals surface area (Å²) in [7, 11) is 0. The molecule has 1 unspecified atom stereocenters. The SMILES string of the molecule is CCCC1CN(C(C(=O)O)C(C)C)C1. The molecular weight excluding hydrogens is 178 g/mol. The van der Waals surface area contributed by atoms with Crippen LogP contribution in [0.2, 0.25) is 0 Å². The lowest BCUT2D eigenvalue weighted by molar-refractivity contribution is -0.148. The fraction of sp³-hybridized carbons (Fsp3) is 0.909. The van der Waals surface area contributed by atoms with Crippen LogP contribution in [0.4, 0.5) is 0 Å². The molecule has 0 spiro atoms. The first-order valence-electron chi connectivity index (χ1n) is 5.53. The van der Waals surface area contributed by atoms with Gasteiger partial charge in [0.05, 0.1) is 0 Å². The largest absolute Gasteiger partial charge is 0.480 e. The van der Waals surface area contributed by atoms with Gasteiger partial charge in [0.1, 0.15) is 6.04 Å². The minimum atomic E-state index is -0.671. The third-order valence-electron chi connectivity index (χ3n) is 2.96. The molecule has 1 N–H and O–H groups in total. The topological polar surface area (TPSA) is 40.5 Å². The van der Waals surface area contributed by atoms with Crippen molar-refractivity contribution >= 4 is 5.97 Å². The predicted octanol–water partition coefficient (Wildman–Crippen LogP) is 1.83. The molecular formula is C11H21NO2. The van der Waals surface area contributed by atoms with E-state index < -0.39 is 5.97 Å². The summed E-state index contributed by atoms with van der Waals surface area (Å²) in [5, 5.41) is 9.05. The fourth-order valence-corrected chi connectivity index (χ4v) is 2.29. The van der Waals surface area contributed by atoms with E-state index in [0.717, 1.165) is 19.0 Å². The summed E-state index contributed by atoms with van der Waals surface area (Å²) in [4.78, 5) is 13.1. The molecule has 82 valence electrons. The zero-order valence-corrected chi connectivity index (χ0v) is 9.36. The predicted molar refractivity (Wildman–Crippen MR) is 56.2 cm³/mol. The van der Waals surface area contributed by atoms with Gasteiger partial charge >= 0.3 is 5.97 Å². The molecule has 0 bridgehead atoms. The highest BCUT2D eigenvalue weighted by Crippen LogP contribution is 2.25. The normalized spacial score (nSPS) is 20.9. The van der Waals surface area contributed by atoms with Crippen molar-refractivity contribution in [1.29, 1.82) is 0 Å². The van der Waals surface area contributed by atoms with E-state index in [-0.39, 0.29) is 12.0 Å². The van der Waals surface area contributed by atoms with Gasteiger partial charge < -0.3 is 5.11 Å². The van der Waals surface area contributed by atoms with E-state index in [1.54, 1.807) is 0 Å². The number of carboxylic acids is 1. The van der Waals surface area contributed by atoms with E-state index in [2.05, 4.69) is 11.8 Å². The van der Waals surface area contributed by atoms with Crippen LogP contribution in [-0.4, -0.2) is 35.1 Å². The van der Waals surface area contributed by atoms with Crippen molar-refractivity contribution in [2.45, 2.75) is 39.7 Å². The Balaban J connectivity index is 2.39. The Labute approximate surface area is 86.1 Å². The third kappa shape index (κ3) is 2.47. The lowest BCUT2D eigenvalue weighted by Crippen LogP contribution is -2.56. The number of carbonyl (C=O) groups is 1. The maximum absolute atomic E-state index is 11.0. The highest BCUT2D eigenvalue weighted by atomic mass is 16.4. The van der Waals surface area contributed by atoms with E-state index in [0.29, 0.717) is 0 Å². The number of hydrogen-bond donors (Lipinski definition) is 1. The van der Waals surface area contributed by atoms with Gasteiger partial charge in [-0.25, -0.2) is 0 Å². The zero-order chi connectivity index (χ0) is 10.7. The first-order chi connectivity index (χ1) is 6.56. The van der Waals surface area contributed by atoms with Crippen LogP contribution in [0.25, 0.3) is 0 Å². The molecule has 14 heavy (non-hydrogen) atoms. The summed E-state index contributed by atoms with van der Waals surface area (Å²) < 4.78 is 0. The van der Waals surface area contributed by atoms with Crippen molar-refractivity contribution in [3.05, 3.63) is 0 Å². The van der Waals surface area contributed by atoms with Gasteiger partial charge in [-0.05, 0) is 18.3 Å². The molecule has 1 aliphatic rings. The number of aliphatic carboxylic acids is 1. The molecule has 0 aliphatic carbocycles. The Kier molecular flexibility index (Phi) is 3.93. The van der Waals surface area contributed by atoms with Crippen LogP contribution >= 0.6 is 0 Å². The molecule has 0 aromatic carbocycles. The van der Waals surface area contributed by atoms with Crippen LogP contribution < -0.4 is 0 Å². The molecule has 1 aliphatic heterocycles. The number of likely N-dealkylation sites (tertiary alicyclic amines) is 1. The summed E-state index contributed by atoms with van der Waals surface area (Å²) in [6.45, 7) is 8.09. The molecule has 1 atom stereocenters. The van der Waals surface area contributed by atoms with Gasteiger partial charge in [0, 0.05) is 13.1 Å². The molecule has 1 fully saturated rings. The second kappa shape index (κ2) is 4.78. The summed E-state index contributed by atoms with van der Waals surface area (Å²) in [5.41, 5.74) is 0. The van der Waals surface area contributed by atoms with Crippen LogP contribution in [0.15, 0.2) is 0 Å². The van der Waals surface area contributed by atoms with Crippen molar-refractivity contribution < 1.29 is 9.90 Å².